The first kappa shape index (κ1) is 25.9. The van der Waals surface area contributed by atoms with E-state index in [0.29, 0.717) is 61.9 Å². The number of alkyl halides is 3. The van der Waals surface area contributed by atoms with Crippen LogP contribution in [0.15, 0.2) is 10.6 Å². The molecule has 35 heavy (non-hydrogen) atoms. The molecule has 0 atom stereocenters. The van der Waals surface area contributed by atoms with Gasteiger partial charge in [-0.2, -0.15) is 0 Å². The number of rotatable bonds is 9. The summed E-state index contributed by atoms with van der Waals surface area (Å²) in [6.45, 7) is 4.14. The van der Waals surface area contributed by atoms with Crippen molar-refractivity contribution in [2.75, 3.05) is 26.2 Å². The van der Waals surface area contributed by atoms with E-state index in [4.69, 9.17) is 9.15 Å². The summed E-state index contributed by atoms with van der Waals surface area (Å²) in [6.07, 6.45) is 5.71. The van der Waals surface area contributed by atoms with Gasteiger partial charge in [0.05, 0.1) is 11.9 Å². The zero-order chi connectivity index (χ0) is 25.1. The van der Waals surface area contributed by atoms with E-state index in [0.717, 1.165) is 37.0 Å². The Labute approximate surface area is 207 Å². The molecule has 4 rings (SSSR count). The van der Waals surface area contributed by atoms with Crippen molar-refractivity contribution in [3.63, 3.8) is 0 Å². The summed E-state index contributed by atoms with van der Waals surface area (Å²) in [5, 5.41) is 3.28. The molecule has 0 radical (unpaired) electrons. The summed E-state index contributed by atoms with van der Waals surface area (Å²) in [5.74, 6) is -1.97. The molecule has 1 amide bonds. The van der Waals surface area contributed by atoms with Crippen LogP contribution in [0.5, 0.6) is 5.19 Å². The molecule has 2 aliphatic rings. The minimum atomic E-state index is -2.89. The van der Waals surface area contributed by atoms with Crippen LogP contribution in [0.3, 0.4) is 0 Å². The summed E-state index contributed by atoms with van der Waals surface area (Å²) in [5.41, 5.74) is -0.319. The molecular weight excluding hydrogens is 481 g/mol. The largest absolute Gasteiger partial charge is 0.464 e. The first-order chi connectivity index (χ1) is 16.6. The van der Waals surface area contributed by atoms with E-state index in [1.807, 2.05) is 0 Å². The fourth-order valence-electron chi connectivity index (χ4n) is 4.65. The van der Waals surface area contributed by atoms with E-state index >= 15 is 4.39 Å². The number of carbonyl (C=O) groups is 1. The number of fused-ring (bicyclic) bond motifs is 1. The summed E-state index contributed by atoms with van der Waals surface area (Å²) in [6, 6.07) is -0.0215. The Morgan fingerprint density at radius 3 is 2.77 bits per heavy atom. The van der Waals surface area contributed by atoms with Gasteiger partial charge >= 0.3 is 0 Å². The van der Waals surface area contributed by atoms with Gasteiger partial charge in [-0.15, -0.1) is 0 Å². The van der Waals surface area contributed by atoms with Gasteiger partial charge in [-0.25, -0.2) is 23.1 Å². The molecule has 2 aromatic rings. The number of oxazole rings is 1. The molecule has 1 saturated carbocycles. The third kappa shape index (κ3) is 7.67. The van der Waals surface area contributed by atoms with Crippen molar-refractivity contribution in [3.8, 4) is 5.19 Å². The minimum Gasteiger partial charge on any atom is -0.464 e. The van der Waals surface area contributed by atoms with Gasteiger partial charge in [0.2, 0.25) is 11.8 Å². The number of nitrogens with zero attached hydrogens (tertiary/aromatic N) is 3. The van der Waals surface area contributed by atoms with Crippen LogP contribution in [0.4, 0.5) is 13.2 Å². The average Bonchev–Trinajstić information content (AvgIpc) is 3.33. The predicted molar refractivity (Wildman–Crippen MR) is 126 cm³/mol. The highest BCUT2D eigenvalue weighted by atomic mass is 32.1. The highest BCUT2D eigenvalue weighted by Crippen LogP contribution is 2.36. The second kappa shape index (κ2) is 10.9. The van der Waals surface area contributed by atoms with E-state index in [1.54, 1.807) is 13.1 Å². The maximum Gasteiger partial charge on any atom is 0.278 e. The molecule has 194 valence electrons. The van der Waals surface area contributed by atoms with Crippen LogP contribution < -0.4 is 10.1 Å². The van der Waals surface area contributed by atoms with Crippen molar-refractivity contribution < 1.29 is 27.1 Å². The Balaban J connectivity index is 1.17. The number of carbonyl (C=O) groups excluding carboxylic acids is 1. The maximum atomic E-state index is 15.5. The van der Waals surface area contributed by atoms with Crippen molar-refractivity contribution in [1.29, 1.82) is 0 Å². The molecule has 3 heterocycles. The molecular formula is C24H33F3N4O3S. The number of nitrogens with one attached hydrogen (secondary N) is 1. The Hall–Kier alpha value is -2.14. The van der Waals surface area contributed by atoms with E-state index in [-0.39, 0.29) is 18.4 Å². The van der Waals surface area contributed by atoms with Gasteiger partial charge in [0, 0.05) is 43.9 Å². The van der Waals surface area contributed by atoms with Gasteiger partial charge in [0.25, 0.3) is 11.1 Å². The Bertz CT molecular complexity index is 973. The molecule has 0 saturated heterocycles. The number of ether oxygens (including phenoxy) is 1. The number of hydrogen-bond acceptors (Lipinski definition) is 7. The fourth-order valence-corrected chi connectivity index (χ4v) is 5.59. The van der Waals surface area contributed by atoms with Crippen molar-refractivity contribution in [3.05, 3.63) is 28.4 Å². The molecule has 1 fully saturated rings. The molecule has 1 N–H and O–H groups in total. The number of thiazole rings is 1. The van der Waals surface area contributed by atoms with Crippen LogP contribution in [0, 0.1) is 6.92 Å². The topological polar surface area (TPSA) is 80.5 Å². The van der Waals surface area contributed by atoms with E-state index in [2.05, 4.69) is 20.2 Å². The zero-order valence-electron chi connectivity index (χ0n) is 20.2. The molecule has 0 bridgehead atoms. The van der Waals surface area contributed by atoms with Gasteiger partial charge in [-0.1, -0.05) is 11.3 Å². The highest BCUT2D eigenvalue weighted by Gasteiger charge is 2.36. The van der Waals surface area contributed by atoms with Crippen molar-refractivity contribution in [2.24, 2.45) is 0 Å². The van der Waals surface area contributed by atoms with Gasteiger partial charge in [0.15, 0.2) is 6.61 Å². The van der Waals surface area contributed by atoms with Crippen LogP contribution in [0.1, 0.15) is 61.2 Å². The normalized spacial score (nSPS) is 23.5. The van der Waals surface area contributed by atoms with E-state index in [1.165, 1.54) is 11.3 Å². The smallest absolute Gasteiger partial charge is 0.278 e. The van der Waals surface area contributed by atoms with Crippen LogP contribution in [-0.2, 0) is 24.1 Å². The maximum absolute atomic E-state index is 15.5. The lowest BCUT2D eigenvalue weighted by molar-refractivity contribution is -0.122. The molecule has 0 unspecified atom stereocenters. The second-order valence-corrected chi connectivity index (χ2v) is 10.9. The number of halogens is 3. The van der Waals surface area contributed by atoms with Crippen molar-refractivity contribution in [1.82, 2.24) is 20.2 Å². The lowest BCUT2D eigenvalue weighted by Gasteiger charge is -2.35. The highest BCUT2D eigenvalue weighted by molar-refractivity contribution is 7.13. The van der Waals surface area contributed by atoms with Crippen molar-refractivity contribution in [2.45, 2.75) is 82.8 Å². The first-order valence-electron chi connectivity index (χ1n) is 12.2. The lowest BCUT2D eigenvalue weighted by Crippen LogP contribution is -2.43. The average molecular weight is 515 g/mol. The summed E-state index contributed by atoms with van der Waals surface area (Å²) in [7, 11) is 0. The lowest BCUT2D eigenvalue weighted by atomic mass is 9.81. The third-order valence-corrected chi connectivity index (χ3v) is 7.70. The molecule has 1 aliphatic heterocycles. The molecule has 2 aromatic heterocycles. The summed E-state index contributed by atoms with van der Waals surface area (Å²) >= 11 is 1.33. The van der Waals surface area contributed by atoms with Gasteiger partial charge in [-0.05, 0) is 45.4 Å². The number of aryl methyl sites for hydroxylation is 1. The summed E-state index contributed by atoms with van der Waals surface area (Å²) < 4.78 is 52.0. The number of amides is 1. The number of hydrogen-bond donors (Lipinski definition) is 1. The quantitative estimate of drug-likeness (QED) is 0.538. The van der Waals surface area contributed by atoms with Gasteiger partial charge < -0.3 is 19.4 Å². The minimum absolute atomic E-state index is 0.0215. The fraction of sp³-hybridized carbons (Fsp3) is 0.708. The monoisotopic (exact) mass is 514 g/mol. The third-order valence-electron chi connectivity index (χ3n) is 6.63. The van der Waals surface area contributed by atoms with Crippen LogP contribution >= 0.6 is 11.3 Å². The van der Waals surface area contributed by atoms with Crippen molar-refractivity contribution >= 4 is 17.2 Å². The van der Waals surface area contributed by atoms with Gasteiger partial charge in [0.1, 0.15) is 17.8 Å². The van der Waals surface area contributed by atoms with Gasteiger partial charge in [-0.3, -0.25) is 4.79 Å². The molecule has 0 aromatic carbocycles. The Morgan fingerprint density at radius 1 is 1.34 bits per heavy atom. The molecule has 7 nitrogen and oxygen atoms in total. The van der Waals surface area contributed by atoms with E-state index < -0.39 is 18.2 Å². The van der Waals surface area contributed by atoms with Crippen LogP contribution in [-0.4, -0.2) is 64.6 Å². The molecule has 0 spiro atoms. The first-order valence-corrected chi connectivity index (χ1v) is 13.0. The predicted octanol–water partition coefficient (Wildman–Crippen LogP) is 4.27. The SMILES string of the molecule is Cc1cnc(CC(=O)N[C@H]2CC[C@](F)(CCN3CCc4nc(OCC(C)(F)F)sc4CC3)CC2)o1. The van der Waals surface area contributed by atoms with E-state index in [9.17, 15) is 13.6 Å². The number of aromatic nitrogens is 2. The Morgan fingerprint density at radius 2 is 2.09 bits per heavy atom. The van der Waals surface area contributed by atoms with Crippen LogP contribution in [0.25, 0.3) is 0 Å². The standard InChI is InChI=1S/C24H33F3N4O3S/c1-16-14-28-21(34-16)13-20(32)29-17-3-7-24(27,8-4-17)9-12-31-10-5-18-19(6-11-31)35-22(30-18)33-15-23(2,25)26/h14,17H,3-13,15H2,1-2H3,(H,29,32)/t17-,24+. The summed E-state index contributed by atoms with van der Waals surface area (Å²) in [4.78, 5) is 24.0. The van der Waals surface area contributed by atoms with Crippen LogP contribution in [0.2, 0.25) is 0 Å². The molecule has 11 heteroatoms. The molecule has 1 aliphatic carbocycles. The second-order valence-electron chi connectivity index (χ2n) is 9.83. The Kier molecular flexibility index (Phi) is 8.05. The zero-order valence-corrected chi connectivity index (χ0v) is 21.1.